The number of carboxylic acids is 1. The van der Waals surface area contributed by atoms with Crippen molar-refractivity contribution in [2.45, 2.75) is 19.3 Å². The van der Waals surface area contributed by atoms with E-state index in [1.54, 1.807) is 17.0 Å². The third-order valence-corrected chi connectivity index (χ3v) is 6.21. The number of unbranched alkanes of at least 4 members (excludes halogenated alkanes) is 1. The number of carbonyl (C=O) groups is 4. The van der Waals surface area contributed by atoms with Crippen molar-refractivity contribution in [2.24, 2.45) is 0 Å². The molecule has 1 N–H and O–H groups in total. The first-order valence-corrected chi connectivity index (χ1v) is 10.7. The van der Waals surface area contributed by atoms with Gasteiger partial charge >= 0.3 is 5.97 Å². The zero-order valence-corrected chi connectivity index (χ0v) is 17.4. The molecule has 4 rings (SSSR count). The number of carboxylic acid groups (broad SMARTS) is 1. The molecular formula is C23H20N2O5S. The van der Waals surface area contributed by atoms with Gasteiger partial charge in [-0.15, -0.1) is 0 Å². The zero-order valence-electron chi connectivity index (χ0n) is 16.6. The van der Waals surface area contributed by atoms with Gasteiger partial charge in [0.1, 0.15) is 6.54 Å². The van der Waals surface area contributed by atoms with Crippen LogP contribution in [0, 0.1) is 0 Å². The second-order valence-corrected chi connectivity index (χ2v) is 8.24. The molecule has 1 saturated heterocycles. The fourth-order valence-electron chi connectivity index (χ4n) is 3.79. The highest BCUT2D eigenvalue weighted by molar-refractivity contribution is 8.18. The Kier molecular flexibility index (Phi) is 5.90. The second kappa shape index (κ2) is 8.77. The Labute approximate surface area is 183 Å². The lowest BCUT2D eigenvalue weighted by molar-refractivity contribution is -0.140. The average Bonchev–Trinajstić information content (AvgIpc) is 3.19. The number of para-hydroxylation sites is 1. The molecule has 0 unspecified atom stereocenters. The summed E-state index contributed by atoms with van der Waals surface area (Å²) >= 11 is 0.622. The van der Waals surface area contributed by atoms with Gasteiger partial charge in [-0.25, -0.2) is 0 Å². The molecule has 0 radical (unpaired) electrons. The third-order valence-electron chi connectivity index (χ3n) is 5.23. The van der Waals surface area contributed by atoms with Crippen LogP contribution in [0.3, 0.4) is 0 Å². The number of aryl methyl sites for hydroxylation is 1. The summed E-state index contributed by atoms with van der Waals surface area (Å²) in [7, 11) is 0. The van der Waals surface area contributed by atoms with E-state index in [1.807, 2.05) is 30.3 Å². The lowest BCUT2D eigenvalue weighted by Crippen LogP contribution is -2.34. The van der Waals surface area contributed by atoms with Crippen LogP contribution >= 0.6 is 11.8 Å². The zero-order chi connectivity index (χ0) is 22.0. The van der Waals surface area contributed by atoms with Gasteiger partial charge in [-0.3, -0.25) is 24.1 Å². The molecule has 0 spiro atoms. The molecule has 8 heteroatoms. The van der Waals surface area contributed by atoms with Crippen LogP contribution in [0.5, 0.6) is 0 Å². The molecule has 7 nitrogen and oxygen atoms in total. The van der Waals surface area contributed by atoms with Crippen LogP contribution in [-0.4, -0.2) is 46.1 Å². The van der Waals surface area contributed by atoms with E-state index in [0.717, 1.165) is 19.3 Å². The van der Waals surface area contributed by atoms with Gasteiger partial charge < -0.3 is 10.0 Å². The number of rotatable bonds is 7. The Morgan fingerprint density at radius 2 is 1.58 bits per heavy atom. The van der Waals surface area contributed by atoms with Crippen LogP contribution < -0.4 is 4.90 Å². The number of hydrogen-bond acceptors (Lipinski definition) is 5. The van der Waals surface area contributed by atoms with Crippen molar-refractivity contribution in [3.8, 4) is 0 Å². The normalized spacial score (nSPS) is 18.1. The van der Waals surface area contributed by atoms with E-state index in [0.29, 0.717) is 34.5 Å². The molecule has 2 aromatic carbocycles. The van der Waals surface area contributed by atoms with Crippen LogP contribution in [0.15, 0.2) is 59.5 Å². The maximum absolute atomic E-state index is 13.3. The summed E-state index contributed by atoms with van der Waals surface area (Å²) in [6.07, 6.45) is 2.59. The monoisotopic (exact) mass is 436 g/mol. The molecule has 31 heavy (non-hydrogen) atoms. The number of nitrogens with zero attached hydrogens (tertiary/aromatic N) is 2. The minimum Gasteiger partial charge on any atom is -0.480 e. The summed E-state index contributed by atoms with van der Waals surface area (Å²) in [4.78, 5) is 51.4. The van der Waals surface area contributed by atoms with Gasteiger partial charge in [0.2, 0.25) is 0 Å². The van der Waals surface area contributed by atoms with Crippen molar-refractivity contribution >= 4 is 46.0 Å². The highest BCUT2D eigenvalue weighted by Gasteiger charge is 2.43. The lowest BCUT2D eigenvalue weighted by Gasteiger charge is -2.17. The summed E-state index contributed by atoms with van der Waals surface area (Å²) in [5, 5.41) is 8.29. The van der Waals surface area contributed by atoms with Crippen LogP contribution in [0.2, 0.25) is 0 Å². The van der Waals surface area contributed by atoms with Gasteiger partial charge in [0.05, 0.1) is 16.2 Å². The van der Waals surface area contributed by atoms with E-state index >= 15 is 0 Å². The summed E-state index contributed by atoms with van der Waals surface area (Å²) in [6, 6.07) is 17.3. The molecule has 2 aliphatic rings. The summed E-state index contributed by atoms with van der Waals surface area (Å²) < 4.78 is 0. The Morgan fingerprint density at radius 3 is 2.32 bits per heavy atom. The van der Waals surface area contributed by atoms with Crippen LogP contribution in [0.4, 0.5) is 10.5 Å². The standard InChI is InChI=1S/C23H20N2O5S/c26-18(27)14-25-22(29)20(31-23(25)30)19-16-11-4-5-12-17(16)24(21(19)28)13-7-6-10-15-8-2-1-3-9-15/h1-5,8-9,11-12H,6-7,10,13-14H2,(H,26,27)/b20-19-. The highest BCUT2D eigenvalue weighted by atomic mass is 32.2. The van der Waals surface area contributed by atoms with Crippen LogP contribution in [0.25, 0.3) is 5.57 Å². The minimum absolute atomic E-state index is 0.00418. The Hall–Kier alpha value is -3.39. The predicted octanol–water partition coefficient (Wildman–Crippen LogP) is 3.55. The molecular weight excluding hydrogens is 416 g/mol. The van der Waals surface area contributed by atoms with E-state index in [2.05, 4.69) is 12.1 Å². The van der Waals surface area contributed by atoms with Gasteiger partial charge in [-0.05, 0) is 42.7 Å². The Morgan fingerprint density at radius 1 is 0.871 bits per heavy atom. The third kappa shape index (κ3) is 4.11. The summed E-state index contributed by atoms with van der Waals surface area (Å²) in [6.45, 7) is -0.231. The van der Waals surface area contributed by atoms with Crippen molar-refractivity contribution < 1.29 is 24.3 Å². The molecule has 2 heterocycles. The minimum atomic E-state index is -1.29. The molecule has 1 fully saturated rings. The second-order valence-electron chi connectivity index (χ2n) is 7.27. The topological polar surface area (TPSA) is 95.0 Å². The van der Waals surface area contributed by atoms with E-state index in [9.17, 15) is 19.2 Å². The van der Waals surface area contributed by atoms with Gasteiger partial charge in [-0.2, -0.15) is 0 Å². The first-order chi connectivity index (χ1) is 15.0. The molecule has 0 saturated carbocycles. The number of aliphatic carboxylic acids is 1. The van der Waals surface area contributed by atoms with Gasteiger partial charge in [-0.1, -0.05) is 48.5 Å². The van der Waals surface area contributed by atoms with E-state index in [-0.39, 0.29) is 16.4 Å². The number of fused-ring (bicyclic) bond motifs is 1. The van der Waals surface area contributed by atoms with Crippen molar-refractivity contribution in [1.29, 1.82) is 0 Å². The quantitative estimate of drug-likeness (QED) is 0.527. The highest BCUT2D eigenvalue weighted by Crippen LogP contribution is 2.44. The van der Waals surface area contributed by atoms with Crippen molar-refractivity contribution in [3.05, 3.63) is 70.6 Å². The first kappa shape index (κ1) is 20.9. The van der Waals surface area contributed by atoms with Gasteiger partial charge in [0, 0.05) is 12.1 Å². The number of anilines is 1. The number of carbonyl (C=O) groups excluding carboxylic acids is 3. The van der Waals surface area contributed by atoms with Crippen molar-refractivity contribution in [2.75, 3.05) is 18.0 Å². The van der Waals surface area contributed by atoms with Gasteiger partial charge in [0.25, 0.3) is 17.1 Å². The summed E-state index contributed by atoms with van der Waals surface area (Å²) in [5.41, 5.74) is 2.71. The predicted molar refractivity (Wildman–Crippen MR) is 117 cm³/mol. The fourth-order valence-corrected chi connectivity index (χ4v) is 4.72. The lowest BCUT2D eigenvalue weighted by atomic mass is 10.1. The number of thioether (sulfide) groups is 1. The number of imide groups is 1. The maximum Gasteiger partial charge on any atom is 0.323 e. The Bertz CT molecular complexity index is 1100. The van der Waals surface area contributed by atoms with E-state index < -0.39 is 23.7 Å². The van der Waals surface area contributed by atoms with Crippen molar-refractivity contribution in [3.63, 3.8) is 0 Å². The fraction of sp³-hybridized carbons (Fsp3) is 0.217. The number of hydrogen-bond donors (Lipinski definition) is 1. The van der Waals surface area contributed by atoms with Crippen LogP contribution in [-0.2, 0) is 20.8 Å². The van der Waals surface area contributed by atoms with E-state index in [1.165, 1.54) is 5.56 Å². The molecule has 2 aliphatic heterocycles. The SMILES string of the molecule is O=C(O)CN1C(=O)S/C(=C2\C(=O)N(CCCCc3ccccc3)c3ccccc32)C1=O. The average molecular weight is 436 g/mol. The maximum atomic E-state index is 13.3. The Balaban J connectivity index is 1.55. The smallest absolute Gasteiger partial charge is 0.323 e. The molecule has 3 amide bonds. The molecule has 0 atom stereocenters. The van der Waals surface area contributed by atoms with Gasteiger partial charge in [0.15, 0.2) is 0 Å². The molecule has 158 valence electrons. The first-order valence-electron chi connectivity index (χ1n) is 9.92. The number of amides is 3. The molecule has 0 aromatic heterocycles. The van der Waals surface area contributed by atoms with Crippen LogP contribution in [0.1, 0.15) is 24.0 Å². The largest absolute Gasteiger partial charge is 0.480 e. The number of benzene rings is 2. The van der Waals surface area contributed by atoms with E-state index in [4.69, 9.17) is 5.11 Å². The molecule has 0 aliphatic carbocycles. The molecule has 2 aromatic rings. The van der Waals surface area contributed by atoms with Crippen molar-refractivity contribution in [1.82, 2.24) is 4.90 Å². The summed E-state index contributed by atoms with van der Waals surface area (Å²) in [5.74, 6) is -2.35. The molecule has 0 bridgehead atoms.